The Hall–Kier alpha value is -2.44. The molecule has 2 aromatic carbocycles. The first-order valence-corrected chi connectivity index (χ1v) is 9.66. The van der Waals surface area contributed by atoms with Crippen molar-refractivity contribution in [2.75, 3.05) is 13.7 Å². The van der Waals surface area contributed by atoms with E-state index in [1.807, 2.05) is 39.8 Å². The smallest absolute Gasteiger partial charge is 0.203 e. The minimum Gasteiger partial charge on any atom is -0.497 e. The average Bonchev–Trinajstić information content (AvgIpc) is 3.30. The molecule has 0 N–H and O–H groups in total. The zero-order chi connectivity index (χ0) is 18.8. The maximum atomic E-state index is 5.71. The summed E-state index contributed by atoms with van der Waals surface area (Å²) < 4.78 is 9.92. The number of para-hydroxylation sites is 1. The molecule has 0 radical (unpaired) electrons. The van der Waals surface area contributed by atoms with Crippen LogP contribution in [0.1, 0.15) is 30.0 Å². The summed E-state index contributed by atoms with van der Waals surface area (Å²) in [5.74, 6) is 0.891. The Morgan fingerprint density at radius 1 is 1.15 bits per heavy atom. The molecular weight excluding hydrogens is 356 g/mol. The number of benzene rings is 2. The van der Waals surface area contributed by atoms with Gasteiger partial charge < -0.3 is 4.74 Å². The molecule has 0 spiro atoms. The van der Waals surface area contributed by atoms with Crippen LogP contribution in [0.2, 0.25) is 0 Å². The van der Waals surface area contributed by atoms with Crippen LogP contribution in [0.4, 0.5) is 0 Å². The molecule has 0 amide bonds. The highest BCUT2D eigenvalue weighted by atomic mass is 32.1. The van der Waals surface area contributed by atoms with Crippen molar-refractivity contribution in [3.05, 3.63) is 70.8 Å². The van der Waals surface area contributed by atoms with Crippen molar-refractivity contribution in [1.82, 2.24) is 19.2 Å². The molecule has 140 valence electrons. The molecular formula is C21H24N4OS. The molecule has 5 nitrogen and oxygen atoms in total. The van der Waals surface area contributed by atoms with Gasteiger partial charge >= 0.3 is 0 Å². The topological polar surface area (TPSA) is 35.2 Å². The predicted octanol–water partition coefficient (Wildman–Crippen LogP) is 4.51. The maximum absolute atomic E-state index is 5.71. The van der Waals surface area contributed by atoms with Crippen molar-refractivity contribution in [2.45, 2.75) is 32.5 Å². The maximum Gasteiger partial charge on any atom is 0.203 e. The van der Waals surface area contributed by atoms with Gasteiger partial charge in [-0.15, -0.1) is 0 Å². The van der Waals surface area contributed by atoms with Crippen molar-refractivity contribution in [3.63, 3.8) is 0 Å². The lowest BCUT2D eigenvalue weighted by molar-refractivity contribution is 0.190. The molecule has 1 saturated heterocycles. The van der Waals surface area contributed by atoms with E-state index >= 15 is 0 Å². The van der Waals surface area contributed by atoms with Gasteiger partial charge in [0.1, 0.15) is 12.1 Å². The molecule has 0 aliphatic carbocycles. The highest BCUT2D eigenvalue weighted by Gasteiger charge is 2.26. The Morgan fingerprint density at radius 3 is 2.67 bits per heavy atom. The van der Waals surface area contributed by atoms with Crippen LogP contribution in [0.5, 0.6) is 5.75 Å². The fourth-order valence-electron chi connectivity index (χ4n) is 3.80. The van der Waals surface area contributed by atoms with Crippen molar-refractivity contribution in [1.29, 1.82) is 0 Å². The number of aryl methyl sites for hydroxylation is 1. The SMILES string of the molecule is COc1ccc([C@H]2CCCN2Cn2ncn(-c3ccccc3C)c2=S)cc1. The molecule has 1 fully saturated rings. The summed E-state index contributed by atoms with van der Waals surface area (Å²) in [6.07, 6.45) is 4.16. The number of likely N-dealkylation sites (tertiary alicyclic amines) is 1. The number of methoxy groups -OCH3 is 1. The van der Waals surface area contributed by atoms with Gasteiger partial charge in [-0.2, -0.15) is 5.10 Å². The zero-order valence-electron chi connectivity index (χ0n) is 15.7. The van der Waals surface area contributed by atoms with E-state index in [2.05, 4.69) is 41.2 Å². The molecule has 6 heteroatoms. The van der Waals surface area contributed by atoms with Crippen LogP contribution >= 0.6 is 12.2 Å². The van der Waals surface area contributed by atoms with E-state index in [1.165, 1.54) is 17.5 Å². The quantitative estimate of drug-likeness (QED) is 0.610. The van der Waals surface area contributed by atoms with E-state index < -0.39 is 0 Å². The highest BCUT2D eigenvalue weighted by molar-refractivity contribution is 7.71. The van der Waals surface area contributed by atoms with Gasteiger partial charge in [-0.1, -0.05) is 30.3 Å². The van der Waals surface area contributed by atoms with Gasteiger partial charge in [0.05, 0.1) is 19.5 Å². The number of ether oxygens (including phenoxy) is 1. The van der Waals surface area contributed by atoms with Crippen molar-refractivity contribution in [3.8, 4) is 11.4 Å². The third-order valence-corrected chi connectivity index (χ3v) is 5.70. The number of rotatable bonds is 5. The first-order chi connectivity index (χ1) is 13.2. The molecule has 1 aromatic heterocycles. The van der Waals surface area contributed by atoms with Gasteiger partial charge in [-0.05, 0) is 61.3 Å². The molecule has 3 aromatic rings. The lowest BCUT2D eigenvalue weighted by Crippen LogP contribution is -2.27. The van der Waals surface area contributed by atoms with Crippen LogP contribution in [-0.4, -0.2) is 32.9 Å². The van der Waals surface area contributed by atoms with E-state index in [9.17, 15) is 0 Å². The first-order valence-electron chi connectivity index (χ1n) is 9.26. The van der Waals surface area contributed by atoms with E-state index in [4.69, 9.17) is 17.0 Å². The van der Waals surface area contributed by atoms with Crippen LogP contribution < -0.4 is 4.74 Å². The predicted molar refractivity (Wildman–Crippen MR) is 109 cm³/mol. The Morgan fingerprint density at radius 2 is 1.93 bits per heavy atom. The number of nitrogens with zero attached hydrogens (tertiary/aromatic N) is 4. The molecule has 0 unspecified atom stereocenters. The third-order valence-electron chi connectivity index (χ3n) is 5.29. The van der Waals surface area contributed by atoms with Gasteiger partial charge in [0.25, 0.3) is 0 Å². The molecule has 0 bridgehead atoms. The fourth-order valence-corrected chi connectivity index (χ4v) is 4.05. The Bertz CT molecular complexity index is 976. The minimum atomic E-state index is 0.390. The van der Waals surface area contributed by atoms with E-state index in [0.29, 0.717) is 12.7 Å². The molecule has 2 heterocycles. The normalized spacial score (nSPS) is 17.3. The lowest BCUT2D eigenvalue weighted by Gasteiger charge is -2.24. The number of hydrogen-bond donors (Lipinski definition) is 0. The van der Waals surface area contributed by atoms with E-state index in [1.54, 1.807) is 7.11 Å². The standard InChI is InChI=1S/C21H24N4OS/c1-16-6-3-4-7-19(16)24-14-22-25(21(24)27)15-23-13-5-8-20(23)17-9-11-18(26-2)12-10-17/h3-4,6-7,9-12,14,20H,5,8,13,15H2,1-2H3/t20-/m1/s1. The van der Waals surface area contributed by atoms with Gasteiger partial charge in [-0.3, -0.25) is 9.47 Å². The second kappa shape index (κ2) is 7.66. The van der Waals surface area contributed by atoms with Gasteiger partial charge in [0.15, 0.2) is 0 Å². The largest absolute Gasteiger partial charge is 0.497 e. The monoisotopic (exact) mass is 380 g/mol. The summed E-state index contributed by atoms with van der Waals surface area (Å²) in [5, 5.41) is 4.57. The minimum absolute atomic E-state index is 0.390. The highest BCUT2D eigenvalue weighted by Crippen LogP contribution is 2.33. The van der Waals surface area contributed by atoms with Gasteiger partial charge in [0, 0.05) is 12.6 Å². The average molecular weight is 381 g/mol. The van der Waals surface area contributed by atoms with Crippen LogP contribution in [0.25, 0.3) is 5.69 Å². The second-order valence-corrected chi connectivity index (χ2v) is 7.32. The van der Waals surface area contributed by atoms with Crippen LogP contribution in [-0.2, 0) is 6.67 Å². The number of hydrogen-bond acceptors (Lipinski definition) is 4. The Balaban J connectivity index is 1.57. The van der Waals surface area contributed by atoms with Gasteiger partial charge in [0.2, 0.25) is 4.77 Å². The zero-order valence-corrected chi connectivity index (χ0v) is 16.5. The molecule has 4 rings (SSSR count). The summed E-state index contributed by atoms with van der Waals surface area (Å²) >= 11 is 5.71. The van der Waals surface area contributed by atoms with E-state index in [0.717, 1.165) is 29.2 Å². The van der Waals surface area contributed by atoms with Crippen LogP contribution in [0, 0.1) is 11.7 Å². The van der Waals surface area contributed by atoms with Crippen LogP contribution in [0.15, 0.2) is 54.9 Å². The molecule has 1 aliphatic rings. The Kier molecular flexibility index (Phi) is 5.09. The summed E-state index contributed by atoms with van der Waals surface area (Å²) in [7, 11) is 1.70. The lowest BCUT2D eigenvalue weighted by atomic mass is 10.0. The van der Waals surface area contributed by atoms with Gasteiger partial charge in [-0.25, -0.2) is 4.68 Å². The summed E-state index contributed by atoms with van der Waals surface area (Å²) in [5.41, 5.74) is 3.59. The first kappa shape index (κ1) is 17.9. The molecule has 1 atom stereocenters. The van der Waals surface area contributed by atoms with Crippen molar-refractivity contribution < 1.29 is 4.74 Å². The fraction of sp³-hybridized carbons (Fsp3) is 0.333. The third kappa shape index (κ3) is 3.55. The second-order valence-electron chi connectivity index (χ2n) is 6.95. The van der Waals surface area contributed by atoms with Crippen molar-refractivity contribution in [2.24, 2.45) is 0 Å². The number of aromatic nitrogens is 3. The van der Waals surface area contributed by atoms with Crippen LogP contribution in [0.3, 0.4) is 0 Å². The summed E-state index contributed by atoms with van der Waals surface area (Å²) in [6, 6.07) is 17.0. The Labute approximate surface area is 164 Å². The summed E-state index contributed by atoms with van der Waals surface area (Å²) in [6.45, 7) is 3.85. The van der Waals surface area contributed by atoms with Crippen molar-refractivity contribution >= 4 is 12.2 Å². The molecule has 27 heavy (non-hydrogen) atoms. The molecule has 1 aliphatic heterocycles. The summed E-state index contributed by atoms with van der Waals surface area (Å²) in [4.78, 5) is 2.45. The van der Waals surface area contributed by atoms with E-state index in [-0.39, 0.29) is 0 Å². The molecule has 0 saturated carbocycles.